The van der Waals surface area contributed by atoms with E-state index in [-0.39, 0.29) is 5.69 Å². The maximum Gasteiger partial charge on any atom is 0.356 e. The molecule has 0 amide bonds. The van der Waals surface area contributed by atoms with Gasteiger partial charge in [0.15, 0.2) is 5.69 Å². The number of benzene rings is 1. The van der Waals surface area contributed by atoms with Crippen molar-refractivity contribution in [3.05, 3.63) is 51.3 Å². The van der Waals surface area contributed by atoms with E-state index in [2.05, 4.69) is 14.7 Å². The molecule has 1 aromatic heterocycles. The zero-order chi connectivity index (χ0) is 19.8. The van der Waals surface area contributed by atoms with Gasteiger partial charge in [-0.05, 0) is 43.3 Å². The van der Waals surface area contributed by atoms with Crippen molar-refractivity contribution >= 4 is 35.6 Å². The lowest BCUT2D eigenvalue weighted by Crippen LogP contribution is -2.17. The average molecular weight is 414 g/mol. The lowest BCUT2D eigenvalue weighted by molar-refractivity contribution is -0.128. The molecule has 1 N–H and O–H groups in total. The van der Waals surface area contributed by atoms with E-state index >= 15 is 0 Å². The second-order valence-electron chi connectivity index (χ2n) is 6.14. The van der Waals surface area contributed by atoms with Gasteiger partial charge < -0.3 is 14.7 Å². The van der Waals surface area contributed by atoms with E-state index in [9.17, 15) is 9.59 Å². The minimum atomic E-state index is -0.951. The Bertz CT molecular complexity index is 775. The number of carboxylic acid groups (broad SMARTS) is 1. The fraction of sp³-hybridized carbons (Fsp3) is 0.389. The molecule has 9 heteroatoms. The first-order valence-corrected chi connectivity index (χ1v) is 9.13. The second-order valence-corrected chi connectivity index (χ2v) is 7.01. The monoisotopic (exact) mass is 413 g/mol. The van der Waals surface area contributed by atoms with Crippen LogP contribution in [-0.4, -0.2) is 52.4 Å². The van der Waals surface area contributed by atoms with Gasteiger partial charge in [-0.15, -0.1) is 0 Å². The summed E-state index contributed by atoms with van der Waals surface area (Å²) in [5, 5.41) is 14.0. The number of ether oxygens (including phenoxy) is 1. The van der Waals surface area contributed by atoms with Crippen LogP contribution < -0.4 is 0 Å². The summed E-state index contributed by atoms with van der Waals surface area (Å²) in [5.74, 6) is -0.951. The number of nitrogens with zero attached hydrogens (tertiary/aromatic N) is 3. The van der Waals surface area contributed by atoms with Gasteiger partial charge in [0.2, 0.25) is 0 Å². The molecular weight excluding hydrogens is 393 g/mol. The molecule has 0 unspecified atom stereocenters. The summed E-state index contributed by atoms with van der Waals surface area (Å²) < 4.78 is 6.35. The molecule has 0 spiro atoms. The van der Waals surface area contributed by atoms with Crippen LogP contribution in [0.4, 0.5) is 0 Å². The Balaban J connectivity index is 0.000000194. The summed E-state index contributed by atoms with van der Waals surface area (Å²) in [7, 11) is 2.03. The lowest BCUT2D eigenvalue weighted by atomic mass is 10.2. The number of fused-ring (bicyclic) bond motifs is 1. The van der Waals surface area contributed by atoms with Crippen molar-refractivity contribution < 1.29 is 19.4 Å². The SMILES string of the molecule is CN1CCCn2nc(C(=O)O)cc2C1.O=COCCc1cc(Cl)cc(Cl)c1. The number of carbonyl (C=O) groups excluding carboxylic acids is 1. The third-order valence-electron chi connectivity index (χ3n) is 3.92. The van der Waals surface area contributed by atoms with Gasteiger partial charge in [0.1, 0.15) is 0 Å². The first-order valence-electron chi connectivity index (χ1n) is 8.38. The normalized spacial score (nSPS) is 13.7. The van der Waals surface area contributed by atoms with Crippen LogP contribution in [0.5, 0.6) is 0 Å². The Labute approximate surface area is 167 Å². The summed E-state index contributed by atoms with van der Waals surface area (Å²) in [4.78, 5) is 22.7. The number of hydrogen-bond acceptors (Lipinski definition) is 5. The number of halogens is 2. The first-order chi connectivity index (χ1) is 12.9. The molecule has 3 rings (SSSR count). The minimum absolute atomic E-state index is 0.148. The molecule has 0 atom stereocenters. The third kappa shape index (κ3) is 6.86. The largest absolute Gasteiger partial charge is 0.476 e. The molecule has 0 saturated carbocycles. The number of aryl methyl sites for hydroxylation is 1. The number of aromatic carboxylic acids is 1. The number of hydrogen-bond donors (Lipinski definition) is 1. The van der Waals surface area contributed by atoms with Gasteiger partial charge in [0.25, 0.3) is 6.47 Å². The number of rotatable bonds is 5. The smallest absolute Gasteiger partial charge is 0.356 e. The van der Waals surface area contributed by atoms with E-state index in [1.807, 2.05) is 7.05 Å². The molecule has 27 heavy (non-hydrogen) atoms. The van der Waals surface area contributed by atoms with Gasteiger partial charge in [-0.3, -0.25) is 9.48 Å². The molecule has 0 bridgehead atoms. The topological polar surface area (TPSA) is 84.7 Å². The van der Waals surface area contributed by atoms with Crippen LogP contribution >= 0.6 is 23.2 Å². The molecule has 7 nitrogen and oxygen atoms in total. The average Bonchev–Trinajstić information content (AvgIpc) is 2.90. The van der Waals surface area contributed by atoms with Gasteiger partial charge in [-0.25, -0.2) is 4.79 Å². The highest BCUT2D eigenvalue weighted by Gasteiger charge is 2.16. The maximum atomic E-state index is 10.7. The Hall–Kier alpha value is -2.09. The highest BCUT2D eigenvalue weighted by atomic mass is 35.5. The standard InChI is InChI=1S/C9H8Cl2O2.C9H13N3O2/c10-8-3-7(1-2-13-6-12)4-9(11)5-8;1-11-3-2-4-12-7(6-11)5-8(10-12)9(13)14/h3-6H,1-2H2;5H,2-4,6H2,1H3,(H,13,14). The number of carboxylic acids is 1. The van der Waals surface area contributed by atoms with Crippen molar-refractivity contribution in [3.63, 3.8) is 0 Å². The molecule has 146 valence electrons. The maximum absolute atomic E-state index is 10.7. The van der Waals surface area contributed by atoms with Crippen molar-refractivity contribution in [1.29, 1.82) is 0 Å². The van der Waals surface area contributed by atoms with Crippen LogP contribution in [0.15, 0.2) is 24.3 Å². The molecule has 2 heterocycles. The summed E-state index contributed by atoms with van der Waals surface area (Å²) in [6, 6.07) is 6.90. The van der Waals surface area contributed by atoms with Crippen LogP contribution in [0.2, 0.25) is 10.0 Å². The number of carbonyl (C=O) groups is 2. The van der Waals surface area contributed by atoms with Gasteiger partial charge in [-0.2, -0.15) is 5.10 Å². The van der Waals surface area contributed by atoms with Crippen molar-refractivity contribution in [3.8, 4) is 0 Å². The Morgan fingerprint density at radius 1 is 1.26 bits per heavy atom. The fourth-order valence-electron chi connectivity index (χ4n) is 2.71. The van der Waals surface area contributed by atoms with Gasteiger partial charge in [-0.1, -0.05) is 23.2 Å². The van der Waals surface area contributed by atoms with Crippen molar-refractivity contribution in [1.82, 2.24) is 14.7 Å². The predicted octanol–water partition coefficient (Wildman–Crippen LogP) is 3.13. The third-order valence-corrected chi connectivity index (χ3v) is 4.36. The summed E-state index contributed by atoms with van der Waals surface area (Å²) in [5.41, 5.74) is 2.09. The Kier molecular flexibility index (Phi) is 8.09. The molecule has 0 fully saturated rings. The highest BCUT2D eigenvalue weighted by Crippen LogP contribution is 2.19. The molecular formula is C18H21Cl2N3O4. The van der Waals surface area contributed by atoms with Crippen molar-refractivity contribution in [2.45, 2.75) is 25.9 Å². The molecule has 1 aliphatic heterocycles. The summed E-state index contributed by atoms with van der Waals surface area (Å²) in [6.07, 6.45) is 1.64. The van der Waals surface area contributed by atoms with E-state index < -0.39 is 5.97 Å². The molecule has 1 aromatic carbocycles. The number of aromatic nitrogens is 2. The van der Waals surface area contributed by atoms with E-state index in [1.165, 1.54) is 0 Å². The van der Waals surface area contributed by atoms with Crippen molar-refractivity contribution in [2.75, 3.05) is 20.2 Å². The first kappa shape index (κ1) is 21.2. The fourth-order valence-corrected chi connectivity index (χ4v) is 3.28. The van der Waals surface area contributed by atoms with Crippen LogP contribution in [0.25, 0.3) is 0 Å². The molecule has 0 saturated heterocycles. The molecule has 2 aromatic rings. The van der Waals surface area contributed by atoms with Crippen LogP contribution in [0, 0.1) is 0 Å². The molecule has 0 aliphatic carbocycles. The van der Waals surface area contributed by atoms with Crippen molar-refractivity contribution in [2.24, 2.45) is 0 Å². The summed E-state index contributed by atoms with van der Waals surface area (Å²) in [6.45, 7) is 3.39. The highest BCUT2D eigenvalue weighted by molar-refractivity contribution is 6.34. The Morgan fingerprint density at radius 2 is 1.96 bits per heavy atom. The molecule has 0 radical (unpaired) electrons. The van der Waals surface area contributed by atoms with Crippen LogP contribution in [0.1, 0.15) is 28.2 Å². The van der Waals surface area contributed by atoms with Crippen LogP contribution in [-0.2, 0) is 29.0 Å². The lowest BCUT2D eigenvalue weighted by Gasteiger charge is -2.10. The van der Waals surface area contributed by atoms with E-state index in [4.69, 9.17) is 28.3 Å². The van der Waals surface area contributed by atoms with Gasteiger partial charge in [0.05, 0.1) is 12.3 Å². The van der Waals surface area contributed by atoms with E-state index in [0.717, 1.165) is 37.3 Å². The zero-order valence-corrected chi connectivity index (χ0v) is 16.4. The quantitative estimate of drug-likeness (QED) is 0.598. The Morgan fingerprint density at radius 3 is 2.59 bits per heavy atom. The second kappa shape index (κ2) is 10.3. The van der Waals surface area contributed by atoms with E-state index in [1.54, 1.807) is 28.9 Å². The predicted molar refractivity (Wildman–Crippen MR) is 102 cm³/mol. The van der Waals surface area contributed by atoms with Crippen LogP contribution in [0.3, 0.4) is 0 Å². The van der Waals surface area contributed by atoms with E-state index in [0.29, 0.717) is 29.5 Å². The van der Waals surface area contributed by atoms with Gasteiger partial charge in [0, 0.05) is 36.1 Å². The summed E-state index contributed by atoms with van der Waals surface area (Å²) >= 11 is 11.5. The molecule has 1 aliphatic rings. The zero-order valence-electron chi connectivity index (χ0n) is 14.9. The van der Waals surface area contributed by atoms with Gasteiger partial charge >= 0.3 is 5.97 Å². The minimum Gasteiger partial charge on any atom is -0.476 e.